The molecule has 0 bridgehead atoms. The van der Waals surface area contributed by atoms with Crippen molar-refractivity contribution in [2.75, 3.05) is 11.5 Å². The van der Waals surface area contributed by atoms with E-state index in [1.54, 1.807) is 0 Å². The minimum absolute atomic E-state index is 0.269. The van der Waals surface area contributed by atoms with Gasteiger partial charge in [-0.3, -0.25) is 0 Å². The number of nitrogens with zero attached hydrogens (tertiary/aromatic N) is 2. The van der Waals surface area contributed by atoms with E-state index in [1.165, 1.54) is 19.9 Å². The van der Waals surface area contributed by atoms with Gasteiger partial charge in [0.05, 0.1) is 18.3 Å². The first kappa shape index (κ1) is 20.1. The Morgan fingerprint density at radius 3 is 2.39 bits per heavy atom. The highest BCUT2D eigenvalue weighted by molar-refractivity contribution is 14.1. The highest BCUT2D eigenvalue weighted by Gasteiger charge is 2.36. The zero-order valence-corrected chi connectivity index (χ0v) is 19.5. The number of hydrogen-bond donors (Lipinski definition) is 0. The second-order valence-electron chi connectivity index (χ2n) is 7.63. The highest BCUT2D eigenvalue weighted by atomic mass is 127. The Kier molecular flexibility index (Phi) is 5.64. The number of aliphatic imine (C=N–C) groups is 1. The molecule has 1 unspecified atom stereocenters. The zero-order chi connectivity index (χ0) is 21.2. The predicted molar refractivity (Wildman–Crippen MR) is 138 cm³/mol. The lowest BCUT2D eigenvalue weighted by Crippen LogP contribution is -2.46. The van der Waals surface area contributed by atoms with Gasteiger partial charge >= 0.3 is 0 Å². The van der Waals surface area contributed by atoms with Gasteiger partial charge in [-0.05, 0) is 100 Å². The Hall–Kier alpha value is -2.86. The first-order valence-corrected chi connectivity index (χ1v) is 11.6. The fourth-order valence-electron chi connectivity index (χ4n) is 4.07. The lowest BCUT2D eigenvalue weighted by atomic mass is 9.91. The second-order valence-corrected chi connectivity index (χ2v) is 8.87. The van der Waals surface area contributed by atoms with Crippen LogP contribution in [-0.4, -0.2) is 12.4 Å². The van der Waals surface area contributed by atoms with Gasteiger partial charge in [-0.1, -0.05) is 36.4 Å². The average Bonchev–Trinajstić information content (AvgIpc) is 2.79. The topological polar surface area (TPSA) is 24.8 Å². The van der Waals surface area contributed by atoms with Crippen LogP contribution in [0.4, 0.5) is 11.4 Å². The van der Waals surface area contributed by atoms with Gasteiger partial charge in [0.1, 0.15) is 11.6 Å². The van der Waals surface area contributed by atoms with Crippen LogP contribution >= 0.6 is 22.6 Å². The summed E-state index contributed by atoms with van der Waals surface area (Å²) in [5, 5.41) is 2.54. The highest BCUT2D eigenvalue weighted by Crippen LogP contribution is 2.41. The van der Waals surface area contributed by atoms with Crippen LogP contribution in [0, 0.1) is 3.57 Å². The molecule has 4 heteroatoms. The Morgan fingerprint density at radius 1 is 0.903 bits per heavy atom. The van der Waals surface area contributed by atoms with Crippen molar-refractivity contribution < 1.29 is 4.74 Å². The molecule has 5 rings (SSSR count). The van der Waals surface area contributed by atoms with Crippen LogP contribution in [0.15, 0.2) is 96.0 Å². The van der Waals surface area contributed by atoms with Crippen LogP contribution in [-0.2, 0) is 0 Å². The number of amidine groups is 1. The Balaban J connectivity index is 1.51. The summed E-state index contributed by atoms with van der Waals surface area (Å²) in [6, 6.07) is 32.2. The maximum atomic E-state index is 5.64. The van der Waals surface area contributed by atoms with Crippen molar-refractivity contribution in [1.29, 1.82) is 0 Å². The summed E-state index contributed by atoms with van der Waals surface area (Å²) < 4.78 is 6.85. The number of halogens is 1. The Labute approximate surface area is 196 Å². The van der Waals surface area contributed by atoms with E-state index in [0.29, 0.717) is 6.61 Å². The summed E-state index contributed by atoms with van der Waals surface area (Å²) in [7, 11) is 0. The molecule has 0 aromatic heterocycles. The number of fused-ring (bicyclic) bond motifs is 1. The Bertz CT molecular complexity index is 1230. The molecule has 1 atom stereocenters. The summed E-state index contributed by atoms with van der Waals surface area (Å²) in [6.07, 6.45) is 0.914. The van der Waals surface area contributed by atoms with Crippen molar-refractivity contribution in [2.45, 2.75) is 19.4 Å². The van der Waals surface area contributed by atoms with Crippen molar-refractivity contribution >= 4 is 50.6 Å². The van der Waals surface area contributed by atoms with Crippen molar-refractivity contribution in [3.63, 3.8) is 0 Å². The second kappa shape index (κ2) is 8.71. The average molecular weight is 518 g/mol. The summed E-state index contributed by atoms with van der Waals surface area (Å²) in [4.78, 5) is 7.31. The van der Waals surface area contributed by atoms with E-state index in [4.69, 9.17) is 9.73 Å². The van der Waals surface area contributed by atoms with Gasteiger partial charge in [0.15, 0.2) is 0 Å². The van der Waals surface area contributed by atoms with Crippen molar-refractivity contribution in [1.82, 2.24) is 0 Å². The van der Waals surface area contributed by atoms with Gasteiger partial charge in [0, 0.05) is 15.7 Å². The first-order valence-electron chi connectivity index (χ1n) is 10.6. The van der Waals surface area contributed by atoms with E-state index in [0.717, 1.165) is 29.4 Å². The van der Waals surface area contributed by atoms with E-state index >= 15 is 0 Å². The van der Waals surface area contributed by atoms with E-state index in [2.05, 4.69) is 106 Å². The third kappa shape index (κ3) is 4.17. The molecule has 0 saturated carbocycles. The van der Waals surface area contributed by atoms with Crippen molar-refractivity contribution in [3.8, 4) is 5.75 Å². The van der Waals surface area contributed by atoms with E-state index in [9.17, 15) is 0 Å². The Morgan fingerprint density at radius 2 is 1.65 bits per heavy atom. The molecule has 154 valence electrons. The number of anilines is 1. The largest absolute Gasteiger partial charge is 0.494 e. The lowest BCUT2D eigenvalue weighted by Gasteiger charge is -2.44. The zero-order valence-electron chi connectivity index (χ0n) is 17.3. The monoisotopic (exact) mass is 518 g/mol. The summed E-state index contributed by atoms with van der Waals surface area (Å²) in [6.45, 7) is 2.67. The number of benzene rings is 4. The number of rotatable bonds is 5. The van der Waals surface area contributed by atoms with Gasteiger partial charge < -0.3 is 9.64 Å². The van der Waals surface area contributed by atoms with Crippen LogP contribution < -0.4 is 9.64 Å². The van der Waals surface area contributed by atoms with E-state index < -0.39 is 0 Å². The summed E-state index contributed by atoms with van der Waals surface area (Å²) in [5.41, 5.74) is 3.44. The maximum absolute atomic E-state index is 5.64. The molecule has 0 aliphatic carbocycles. The number of ether oxygens (including phenoxy) is 1. The minimum Gasteiger partial charge on any atom is -0.494 e. The summed E-state index contributed by atoms with van der Waals surface area (Å²) in [5.74, 6) is 1.98. The first-order chi connectivity index (χ1) is 15.2. The molecule has 0 amide bonds. The van der Waals surface area contributed by atoms with Gasteiger partial charge in [0.25, 0.3) is 0 Å². The minimum atomic E-state index is 0.269. The molecule has 3 nitrogen and oxygen atoms in total. The maximum Gasteiger partial charge on any atom is 0.119 e. The molecule has 0 spiro atoms. The van der Waals surface area contributed by atoms with Crippen LogP contribution in [0.1, 0.15) is 24.9 Å². The predicted octanol–water partition coefficient (Wildman–Crippen LogP) is 7.52. The molecule has 1 fully saturated rings. The molecule has 1 aliphatic rings. The van der Waals surface area contributed by atoms with Crippen LogP contribution in [0.25, 0.3) is 10.8 Å². The van der Waals surface area contributed by atoms with Crippen molar-refractivity contribution in [2.24, 2.45) is 4.99 Å². The molecule has 1 heterocycles. The van der Waals surface area contributed by atoms with E-state index in [-0.39, 0.29) is 6.04 Å². The van der Waals surface area contributed by atoms with Gasteiger partial charge in [-0.2, -0.15) is 0 Å². The van der Waals surface area contributed by atoms with Crippen LogP contribution in [0.5, 0.6) is 5.75 Å². The third-order valence-electron chi connectivity index (χ3n) is 5.63. The molecule has 0 N–H and O–H groups in total. The van der Waals surface area contributed by atoms with Crippen LogP contribution in [0.3, 0.4) is 0 Å². The molecule has 0 radical (unpaired) electrons. The quantitative estimate of drug-likeness (QED) is 0.255. The third-order valence-corrected chi connectivity index (χ3v) is 6.35. The van der Waals surface area contributed by atoms with Gasteiger partial charge in [0.2, 0.25) is 0 Å². The SMILES string of the molecule is CCOc1ccc(N2C(=Nc3ccc(I)cc3)CC2c2ccc3ccccc3c2)cc1. The van der Waals surface area contributed by atoms with Gasteiger partial charge in [-0.25, -0.2) is 4.99 Å². The normalized spacial score (nSPS) is 17.0. The smallest absolute Gasteiger partial charge is 0.119 e. The van der Waals surface area contributed by atoms with Gasteiger partial charge in [-0.15, -0.1) is 0 Å². The summed E-state index contributed by atoms with van der Waals surface area (Å²) >= 11 is 2.32. The fourth-order valence-corrected chi connectivity index (χ4v) is 4.43. The van der Waals surface area contributed by atoms with Crippen molar-refractivity contribution in [3.05, 3.63) is 100 Å². The standard InChI is InChI=1S/C27H23IN2O/c1-2-31-25-15-13-24(14-16-25)30-26(18-27(30)29-23-11-9-22(28)10-12-23)21-8-7-19-5-3-4-6-20(19)17-21/h3-17,26H,2,18H2,1H3. The molecule has 1 saturated heterocycles. The van der Waals surface area contributed by atoms with Crippen LogP contribution in [0.2, 0.25) is 0 Å². The molecular formula is C27H23IN2O. The molecule has 4 aromatic carbocycles. The fraction of sp³-hybridized carbons (Fsp3) is 0.148. The lowest BCUT2D eigenvalue weighted by molar-refractivity contribution is 0.340. The molecular weight excluding hydrogens is 495 g/mol. The number of hydrogen-bond acceptors (Lipinski definition) is 2. The molecule has 4 aromatic rings. The van der Waals surface area contributed by atoms with E-state index in [1.807, 2.05) is 19.1 Å². The molecule has 1 aliphatic heterocycles. The molecule has 31 heavy (non-hydrogen) atoms.